The fraction of sp³-hybridized carbons (Fsp3) is 0.419. The minimum Gasteiger partial charge on any atom is -0.495 e. The van der Waals surface area contributed by atoms with Gasteiger partial charge >= 0.3 is 6.03 Å². The Morgan fingerprint density at radius 3 is 2.16 bits per heavy atom. The maximum atomic E-state index is 14.2. The molecule has 2 heterocycles. The first-order chi connectivity index (χ1) is 27.9. The maximum absolute atomic E-state index is 14.2. The van der Waals surface area contributed by atoms with Crippen molar-refractivity contribution in [3.8, 4) is 11.5 Å². The predicted octanol–water partition coefficient (Wildman–Crippen LogP) is 7.79. The summed E-state index contributed by atoms with van der Waals surface area (Å²) in [6.07, 6.45) is 12.3. The second-order valence-corrected chi connectivity index (χ2v) is 16.2. The number of amides is 4. The van der Waals surface area contributed by atoms with Crippen molar-refractivity contribution >= 4 is 45.0 Å². The van der Waals surface area contributed by atoms with Crippen LogP contribution in [0.25, 0.3) is 0 Å². The van der Waals surface area contributed by atoms with Crippen molar-refractivity contribution in [1.82, 2.24) is 20.0 Å². The van der Waals surface area contributed by atoms with E-state index in [4.69, 9.17) is 9.47 Å². The van der Waals surface area contributed by atoms with E-state index in [1.807, 2.05) is 6.07 Å². The monoisotopic (exact) mass is 814 g/mol. The second-order valence-electron chi connectivity index (χ2n) is 14.5. The largest absolute Gasteiger partial charge is 0.495 e. The molecule has 0 spiro atoms. The first-order valence-corrected chi connectivity index (χ1v) is 21.4. The van der Waals surface area contributed by atoms with Crippen molar-refractivity contribution in [2.24, 2.45) is 0 Å². The van der Waals surface area contributed by atoms with E-state index in [1.54, 1.807) is 62.4 Å². The van der Waals surface area contributed by atoms with E-state index in [2.05, 4.69) is 27.2 Å². The number of anilines is 2. The van der Waals surface area contributed by atoms with Crippen molar-refractivity contribution < 1.29 is 37.1 Å². The fourth-order valence-electron chi connectivity index (χ4n) is 6.92. The number of imide groups is 1. The molecule has 3 N–H and O–H groups in total. The summed E-state index contributed by atoms with van der Waals surface area (Å²) >= 11 is 0. The van der Waals surface area contributed by atoms with Crippen LogP contribution >= 0.6 is 0 Å². The number of nitrogens with one attached hydrogen (secondary N) is 3. The molecule has 14 nitrogen and oxygen atoms in total. The summed E-state index contributed by atoms with van der Waals surface area (Å²) < 4.78 is 41.0. The van der Waals surface area contributed by atoms with Gasteiger partial charge in [-0.05, 0) is 68.3 Å². The summed E-state index contributed by atoms with van der Waals surface area (Å²) in [4.78, 5) is 57.2. The Hall–Kier alpha value is -5.70. The molecule has 4 aromatic rings. The molecule has 1 aliphatic heterocycles. The average molecular weight is 815 g/mol. The minimum atomic E-state index is -4.20. The molecule has 0 radical (unpaired) electrons. The third-order valence-electron chi connectivity index (χ3n) is 10.0. The lowest BCUT2D eigenvalue weighted by Crippen LogP contribution is -2.52. The number of sulfonamides is 1. The normalized spacial score (nSPS) is 13.4. The quantitative estimate of drug-likeness (QED) is 0.0292. The highest BCUT2D eigenvalue weighted by molar-refractivity contribution is 7.92. The van der Waals surface area contributed by atoms with E-state index >= 15 is 0 Å². The van der Waals surface area contributed by atoms with Gasteiger partial charge in [-0.25, -0.2) is 18.1 Å². The number of hydrogen-bond acceptors (Lipinski definition) is 9. The summed E-state index contributed by atoms with van der Waals surface area (Å²) in [5.74, 6) is -1.96. The van der Waals surface area contributed by atoms with Crippen LogP contribution in [0.1, 0.15) is 98.4 Å². The molecule has 5 rings (SSSR count). The van der Waals surface area contributed by atoms with Gasteiger partial charge in [0.15, 0.2) is 11.8 Å². The van der Waals surface area contributed by atoms with Crippen molar-refractivity contribution in [3.63, 3.8) is 0 Å². The summed E-state index contributed by atoms with van der Waals surface area (Å²) in [7, 11) is -2.88. The highest BCUT2D eigenvalue weighted by atomic mass is 32.2. The molecule has 0 bridgehead atoms. The summed E-state index contributed by atoms with van der Waals surface area (Å²) in [5, 5.41) is 9.33. The molecular formula is C43H54N6O8S. The number of carbonyl (C=O) groups excluding carboxylic acids is 4. The topological polar surface area (TPSA) is 180 Å². The number of unbranched alkanes of at least 4 members (excludes halogenated alkanes) is 9. The summed E-state index contributed by atoms with van der Waals surface area (Å²) in [6, 6.07) is 16.6. The van der Waals surface area contributed by atoms with Crippen LogP contribution in [0.2, 0.25) is 0 Å². The van der Waals surface area contributed by atoms with E-state index in [0.717, 1.165) is 18.4 Å². The molecule has 15 heteroatoms. The molecule has 1 fully saturated rings. The molecule has 1 unspecified atom stereocenters. The number of carbonyl (C=O) groups is 4. The van der Waals surface area contributed by atoms with Crippen molar-refractivity contribution in [2.45, 2.75) is 102 Å². The zero-order valence-corrected chi connectivity index (χ0v) is 34.5. The number of hydrogen-bond donors (Lipinski definition) is 3. The SMILES string of the molecule is CCCCCCCCCCCCOc1ccc(NS(=O)(=O)c2ccc(OC)c(NC(=O)C(C(=O)c3c(C)n[nH]c3C)N3C(=O)CN(Cc4ccccc4)C3=O)c2)cc1. The molecule has 3 aromatic carbocycles. The number of benzene rings is 3. The number of ketones is 1. The Balaban J connectivity index is 1.26. The molecule has 1 aliphatic rings. The molecule has 1 saturated heterocycles. The van der Waals surface area contributed by atoms with Crippen molar-refractivity contribution in [1.29, 1.82) is 0 Å². The lowest BCUT2D eigenvalue weighted by molar-refractivity contribution is -0.131. The number of aryl methyl sites for hydroxylation is 2. The lowest BCUT2D eigenvalue weighted by atomic mass is 10.00. The van der Waals surface area contributed by atoms with Gasteiger partial charge in [0, 0.05) is 17.9 Å². The maximum Gasteiger partial charge on any atom is 0.328 e. The molecule has 0 saturated carbocycles. The van der Waals surface area contributed by atoms with Crippen LogP contribution < -0.4 is 19.5 Å². The fourth-order valence-corrected chi connectivity index (χ4v) is 8.00. The lowest BCUT2D eigenvalue weighted by Gasteiger charge is -2.25. The predicted molar refractivity (Wildman–Crippen MR) is 221 cm³/mol. The third-order valence-corrected chi connectivity index (χ3v) is 11.4. The highest BCUT2D eigenvalue weighted by Crippen LogP contribution is 2.31. The summed E-state index contributed by atoms with van der Waals surface area (Å²) in [6.45, 7) is 5.66. The molecule has 1 atom stereocenters. The smallest absolute Gasteiger partial charge is 0.328 e. The average Bonchev–Trinajstić information content (AvgIpc) is 3.69. The Bertz CT molecular complexity index is 2120. The van der Waals surface area contributed by atoms with E-state index in [-0.39, 0.29) is 46.4 Å². The van der Waals surface area contributed by atoms with Crippen LogP contribution in [0, 0.1) is 13.8 Å². The van der Waals surface area contributed by atoms with Crippen molar-refractivity contribution in [3.05, 3.63) is 95.3 Å². The first kappa shape index (κ1) is 43.4. The number of Topliss-reactive ketones (excluding diaryl/α,β-unsaturated/α-hetero) is 1. The van der Waals surface area contributed by atoms with Crippen LogP contribution in [0.5, 0.6) is 11.5 Å². The van der Waals surface area contributed by atoms with Gasteiger partial charge < -0.3 is 19.7 Å². The van der Waals surface area contributed by atoms with E-state index < -0.39 is 39.7 Å². The number of aromatic amines is 1. The van der Waals surface area contributed by atoms with E-state index in [9.17, 15) is 27.6 Å². The van der Waals surface area contributed by atoms with Gasteiger partial charge in [-0.15, -0.1) is 0 Å². The van der Waals surface area contributed by atoms with Crippen LogP contribution in [-0.2, 0) is 26.2 Å². The van der Waals surface area contributed by atoms with Crippen molar-refractivity contribution in [2.75, 3.05) is 30.3 Å². The number of methoxy groups -OCH3 is 1. The van der Waals surface area contributed by atoms with Gasteiger partial charge in [0.1, 0.15) is 18.0 Å². The zero-order chi connectivity index (χ0) is 41.7. The Labute approximate surface area is 340 Å². The van der Waals surface area contributed by atoms with Gasteiger partial charge in [-0.2, -0.15) is 5.10 Å². The first-order valence-electron chi connectivity index (χ1n) is 19.9. The van der Waals surface area contributed by atoms with Gasteiger partial charge in [0.2, 0.25) is 0 Å². The number of nitrogens with zero attached hydrogens (tertiary/aromatic N) is 3. The molecular weight excluding hydrogens is 761 g/mol. The minimum absolute atomic E-state index is 0.0463. The van der Waals surface area contributed by atoms with E-state index in [0.29, 0.717) is 23.0 Å². The van der Waals surface area contributed by atoms with Gasteiger partial charge in [-0.1, -0.05) is 95.0 Å². The highest BCUT2D eigenvalue weighted by Gasteiger charge is 2.48. The van der Waals surface area contributed by atoms with Crippen LogP contribution in [0.4, 0.5) is 16.2 Å². The number of rotatable bonds is 23. The van der Waals surface area contributed by atoms with Crippen LogP contribution in [0.3, 0.4) is 0 Å². The van der Waals surface area contributed by atoms with E-state index in [1.165, 1.54) is 81.6 Å². The van der Waals surface area contributed by atoms with Gasteiger partial charge in [0.05, 0.1) is 35.6 Å². The zero-order valence-electron chi connectivity index (χ0n) is 33.7. The number of aromatic nitrogens is 2. The Morgan fingerprint density at radius 2 is 1.53 bits per heavy atom. The summed E-state index contributed by atoms with van der Waals surface area (Å²) in [5.41, 5.74) is 1.58. The molecule has 4 amide bonds. The molecule has 58 heavy (non-hydrogen) atoms. The number of ether oxygens (including phenoxy) is 2. The van der Waals surface area contributed by atoms with Crippen LogP contribution in [0.15, 0.2) is 77.7 Å². The van der Waals surface area contributed by atoms with Gasteiger partial charge in [0.25, 0.3) is 21.8 Å². The second kappa shape index (κ2) is 20.6. The standard InChI is InChI=1S/C43H54N6O8S/c1-5-6-7-8-9-10-11-12-13-17-26-57-34-22-20-33(21-23-34)47-58(54,55)35-24-25-37(56-4)36(27-35)44-42(52)40(41(51)39-30(2)45-46-31(39)3)49-38(50)29-48(43(49)53)28-32-18-15-14-16-19-32/h14-16,18-25,27,40,47H,5-13,17,26,28-29H2,1-4H3,(H,44,52)(H,45,46). The third kappa shape index (κ3) is 11.2. The Morgan fingerprint density at radius 1 is 0.879 bits per heavy atom. The molecule has 310 valence electrons. The van der Waals surface area contributed by atoms with Crippen LogP contribution in [-0.4, -0.2) is 78.3 Å². The number of H-pyrrole nitrogens is 1. The number of urea groups is 1. The Kier molecular flexibility index (Phi) is 15.5. The van der Waals surface area contributed by atoms with Gasteiger partial charge in [-0.3, -0.25) is 24.2 Å². The molecule has 1 aromatic heterocycles. The molecule has 0 aliphatic carbocycles.